The predicted octanol–water partition coefficient (Wildman–Crippen LogP) is 1.87. The maximum atomic E-state index is 5.26. The molecule has 0 spiro atoms. The minimum Gasteiger partial charge on any atom is -0.497 e. The SMILES string of the molecule is COc1ccc(-c2nc3ncn(C)c(=S)n3n2)cc1. The van der Waals surface area contributed by atoms with Crippen LogP contribution in [0.3, 0.4) is 0 Å². The Labute approximate surface area is 114 Å². The summed E-state index contributed by atoms with van der Waals surface area (Å²) < 4.78 is 8.94. The van der Waals surface area contributed by atoms with Crippen LogP contribution in [0.5, 0.6) is 5.75 Å². The Hall–Kier alpha value is -2.28. The van der Waals surface area contributed by atoms with Gasteiger partial charge in [-0.15, -0.1) is 5.10 Å². The van der Waals surface area contributed by atoms with E-state index in [0.717, 1.165) is 11.3 Å². The average molecular weight is 273 g/mol. The zero-order valence-electron chi connectivity index (χ0n) is 10.4. The van der Waals surface area contributed by atoms with E-state index in [9.17, 15) is 0 Å². The van der Waals surface area contributed by atoms with Crippen molar-refractivity contribution in [2.24, 2.45) is 7.05 Å². The third-order valence-electron chi connectivity index (χ3n) is 2.77. The van der Waals surface area contributed by atoms with Gasteiger partial charge < -0.3 is 9.30 Å². The molecule has 0 saturated heterocycles. The lowest BCUT2D eigenvalue weighted by Gasteiger charge is -1.99. The third kappa shape index (κ3) is 1.97. The molecular formula is C12H11N5OS. The van der Waals surface area contributed by atoms with Crippen LogP contribution in [0.2, 0.25) is 0 Å². The largest absolute Gasteiger partial charge is 0.497 e. The van der Waals surface area contributed by atoms with Crippen molar-refractivity contribution in [3.8, 4) is 17.1 Å². The molecule has 0 aliphatic heterocycles. The van der Waals surface area contributed by atoms with Crippen molar-refractivity contribution >= 4 is 18.0 Å². The Kier molecular flexibility index (Phi) is 2.75. The molecule has 0 radical (unpaired) electrons. The van der Waals surface area contributed by atoms with Gasteiger partial charge in [0.15, 0.2) is 5.82 Å². The van der Waals surface area contributed by atoms with Gasteiger partial charge in [-0.1, -0.05) is 0 Å². The summed E-state index contributed by atoms with van der Waals surface area (Å²) in [6.45, 7) is 0. The lowest BCUT2D eigenvalue weighted by molar-refractivity contribution is 0.415. The van der Waals surface area contributed by atoms with Crippen LogP contribution in [0.4, 0.5) is 0 Å². The van der Waals surface area contributed by atoms with Gasteiger partial charge >= 0.3 is 0 Å². The predicted molar refractivity (Wildman–Crippen MR) is 72.6 cm³/mol. The number of ether oxygens (including phenoxy) is 1. The second kappa shape index (κ2) is 4.43. The average Bonchev–Trinajstić information content (AvgIpc) is 2.88. The molecule has 0 fully saturated rings. The van der Waals surface area contributed by atoms with Crippen LogP contribution in [0.1, 0.15) is 0 Å². The number of benzene rings is 1. The van der Waals surface area contributed by atoms with Crippen LogP contribution >= 0.6 is 12.2 Å². The summed E-state index contributed by atoms with van der Waals surface area (Å²) in [5.41, 5.74) is 0.892. The van der Waals surface area contributed by atoms with E-state index in [1.807, 2.05) is 31.3 Å². The summed E-state index contributed by atoms with van der Waals surface area (Å²) in [7, 11) is 3.45. The third-order valence-corrected chi connectivity index (χ3v) is 3.23. The van der Waals surface area contributed by atoms with Crippen molar-refractivity contribution in [1.29, 1.82) is 0 Å². The molecule has 6 nitrogen and oxygen atoms in total. The Morgan fingerprint density at radius 1 is 1.21 bits per heavy atom. The number of hydrogen-bond acceptors (Lipinski definition) is 5. The maximum Gasteiger partial charge on any atom is 0.256 e. The van der Waals surface area contributed by atoms with E-state index < -0.39 is 0 Å². The summed E-state index contributed by atoms with van der Waals surface area (Å²) in [6.07, 6.45) is 1.63. The molecule has 19 heavy (non-hydrogen) atoms. The first-order valence-electron chi connectivity index (χ1n) is 5.62. The summed E-state index contributed by atoms with van der Waals surface area (Å²) in [5.74, 6) is 1.88. The molecular weight excluding hydrogens is 262 g/mol. The molecule has 0 bridgehead atoms. The molecule has 0 aliphatic carbocycles. The van der Waals surface area contributed by atoms with Crippen molar-refractivity contribution in [2.45, 2.75) is 0 Å². The summed E-state index contributed by atoms with van der Waals surface area (Å²) in [5, 5.41) is 4.38. The smallest absolute Gasteiger partial charge is 0.256 e. The van der Waals surface area contributed by atoms with E-state index in [-0.39, 0.29) is 0 Å². The molecule has 7 heteroatoms. The molecule has 0 saturated carbocycles. The van der Waals surface area contributed by atoms with Gasteiger partial charge in [0.05, 0.1) is 7.11 Å². The highest BCUT2D eigenvalue weighted by atomic mass is 32.1. The summed E-state index contributed by atoms with van der Waals surface area (Å²) in [4.78, 5) is 8.54. The van der Waals surface area contributed by atoms with Gasteiger partial charge in [-0.25, -0.2) is 4.98 Å². The van der Waals surface area contributed by atoms with Gasteiger partial charge in [-0.3, -0.25) is 0 Å². The Balaban J connectivity index is 2.15. The van der Waals surface area contributed by atoms with Crippen molar-refractivity contribution in [3.05, 3.63) is 35.4 Å². The first kappa shape index (κ1) is 11.8. The molecule has 3 aromatic rings. The quantitative estimate of drug-likeness (QED) is 0.667. The van der Waals surface area contributed by atoms with E-state index in [1.54, 1.807) is 22.5 Å². The minimum atomic E-state index is 0.494. The Morgan fingerprint density at radius 3 is 2.63 bits per heavy atom. The molecule has 2 aromatic heterocycles. The van der Waals surface area contributed by atoms with E-state index in [4.69, 9.17) is 17.0 Å². The van der Waals surface area contributed by atoms with Crippen LogP contribution < -0.4 is 4.74 Å². The molecule has 1 aromatic carbocycles. The van der Waals surface area contributed by atoms with Crippen LogP contribution in [0, 0.1) is 4.77 Å². The van der Waals surface area contributed by atoms with Crippen molar-refractivity contribution in [2.75, 3.05) is 7.11 Å². The van der Waals surface area contributed by atoms with Crippen LogP contribution in [-0.2, 0) is 7.05 Å². The van der Waals surface area contributed by atoms with Gasteiger partial charge in [0.25, 0.3) is 5.78 Å². The Morgan fingerprint density at radius 2 is 1.95 bits per heavy atom. The fourth-order valence-corrected chi connectivity index (χ4v) is 1.88. The number of methoxy groups -OCH3 is 1. The van der Waals surface area contributed by atoms with Gasteiger partial charge in [0.2, 0.25) is 4.77 Å². The molecule has 96 valence electrons. The standard InChI is InChI=1S/C12H11N5OS/c1-16-7-13-11-14-10(15-17(11)12(16)19)8-3-5-9(18-2)6-4-8/h3-7H,1-2H3. The van der Waals surface area contributed by atoms with Crippen molar-refractivity contribution in [1.82, 2.24) is 24.1 Å². The van der Waals surface area contributed by atoms with E-state index in [0.29, 0.717) is 16.4 Å². The lowest BCUT2D eigenvalue weighted by atomic mass is 10.2. The highest BCUT2D eigenvalue weighted by Gasteiger charge is 2.08. The van der Waals surface area contributed by atoms with Crippen molar-refractivity contribution < 1.29 is 4.74 Å². The lowest BCUT2D eigenvalue weighted by Crippen LogP contribution is -2.02. The molecule has 0 amide bonds. The molecule has 2 heterocycles. The van der Waals surface area contributed by atoms with Gasteiger partial charge in [0.1, 0.15) is 12.1 Å². The Bertz CT molecular complexity index is 790. The van der Waals surface area contributed by atoms with E-state index >= 15 is 0 Å². The first-order chi connectivity index (χ1) is 9.19. The van der Waals surface area contributed by atoms with E-state index in [2.05, 4.69) is 15.1 Å². The fourth-order valence-electron chi connectivity index (χ4n) is 1.72. The summed E-state index contributed by atoms with van der Waals surface area (Å²) >= 11 is 5.26. The van der Waals surface area contributed by atoms with Crippen molar-refractivity contribution in [3.63, 3.8) is 0 Å². The maximum absolute atomic E-state index is 5.26. The first-order valence-corrected chi connectivity index (χ1v) is 6.02. The summed E-state index contributed by atoms with van der Waals surface area (Å²) in [6, 6.07) is 7.53. The normalized spacial score (nSPS) is 10.8. The van der Waals surface area contributed by atoms with Crippen LogP contribution in [0.25, 0.3) is 17.2 Å². The molecule has 3 rings (SSSR count). The molecule has 0 N–H and O–H groups in total. The second-order valence-corrected chi connectivity index (χ2v) is 4.38. The topological polar surface area (TPSA) is 57.2 Å². The highest BCUT2D eigenvalue weighted by Crippen LogP contribution is 2.19. The molecule has 0 aliphatic rings. The zero-order chi connectivity index (χ0) is 13.4. The zero-order valence-corrected chi connectivity index (χ0v) is 11.3. The monoisotopic (exact) mass is 273 g/mol. The number of aromatic nitrogens is 5. The number of nitrogens with zero attached hydrogens (tertiary/aromatic N) is 5. The minimum absolute atomic E-state index is 0.494. The highest BCUT2D eigenvalue weighted by molar-refractivity contribution is 7.71. The number of aryl methyl sites for hydroxylation is 1. The van der Waals surface area contributed by atoms with Gasteiger partial charge in [0, 0.05) is 12.6 Å². The van der Waals surface area contributed by atoms with Gasteiger partial charge in [-0.2, -0.15) is 9.50 Å². The number of hydrogen-bond donors (Lipinski definition) is 0. The molecule has 0 atom stereocenters. The number of fused-ring (bicyclic) bond motifs is 1. The molecule has 0 unspecified atom stereocenters. The number of rotatable bonds is 2. The van der Waals surface area contributed by atoms with Crippen LogP contribution in [0.15, 0.2) is 30.6 Å². The fraction of sp³-hybridized carbons (Fsp3) is 0.167. The van der Waals surface area contributed by atoms with Crippen LogP contribution in [-0.4, -0.2) is 31.3 Å². The van der Waals surface area contributed by atoms with Gasteiger partial charge in [-0.05, 0) is 36.5 Å². The second-order valence-electron chi connectivity index (χ2n) is 4.01. The van der Waals surface area contributed by atoms with E-state index in [1.165, 1.54) is 0 Å².